The van der Waals surface area contributed by atoms with Crippen LogP contribution in [0.25, 0.3) is 0 Å². The van der Waals surface area contributed by atoms with E-state index in [9.17, 15) is 4.79 Å². The number of amides is 2. The van der Waals surface area contributed by atoms with Gasteiger partial charge in [-0.15, -0.1) is 11.3 Å². The number of carbonyl (C=O) groups excluding carboxylic acids is 1. The van der Waals surface area contributed by atoms with Crippen LogP contribution in [0.5, 0.6) is 0 Å². The van der Waals surface area contributed by atoms with Crippen molar-refractivity contribution in [2.45, 2.75) is 13.1 Å². The Hall–Kier alpha value is -1.96. The molecule has 0 radical (unpaired) electrons. The molecule has 3 rings (SSSR count). The maximum Gasteiger partial charge on any atom is 0.321 e. The molecule has 2 aromatic rings. The summed E-state index contributed by atoms with van der Waals surface area (Å²) < 4.78 is 5.36. The van der Waals surface area contributed by atoms with Gasteiger partial charge in [-0.3, -0.25) is 4.90 Å². The van der Waals surface area contributed by atoms with Crippen molar-refractivity contribution in [3.8, 4) is 0 Å². The molecule has 2 amide bonds. The zero-order chi connectivity index (χ0) is 16.8. The van der Waals surface area contributed by atoms with Crippen molar-refractivity contribution in [2.24, 2.45) is 0 Å². The molecule has 1 fully saturated rings. The number of hydrogen-bond acceptors (Lipinski definition) is 5. The zero-order valence-electron chi connectivity index (χ0n) is 13.8. The number of rotatable bonds is 5. The smallest absolute Gasteiger partial charge is 0.321 e. The predicted molar refractivity (Wildman–Crippen MR) is 95.1 cm³/mol. The van der Waals surface area contributed by atoms with E-state index in [1.807, 2.05) is 35.7 Å². The Balaban J connectivity index is 1.50. The number of hydrogen-bond donors (Lipinski definition) is 1. The SMILES string of the molecule is CN(Cc1csc(CN2CCOCC2)n1)C(=O)Nc1ccccc1. The molecular formula is C17H22N4O2S. The molecule has 1 aromatic carbocycles. The van der Waals surface area contributed by atoms with Crippen molar-refractivity contribution in [2.75, 3.05) is 38.7 Å². The minimum atomic E-state index is -0.135. The number of ether oxygens (including phenoxy) is 1. The topological polar surface area (TPSA) is 57.7 Å². The number of carbonyl (C=O) groups is 1. The lowest BCUT2D eigenvalue weighted by Crippen LogP contribution is -2.35. The number of benzene rings is 1. The maximum absolute atomic E-state index is 12.2. The Morgan fingerprint density at radius 2 is 2.08 bits per heavy atom. The molecule has 1 aliphatic heterocycles. The Labute approximate surface area is 146 Å². The van der Waals surface area contributed by atoms with Crippen LogP contribution in [0, 0.1) is 0 Å². The first kappa shape index (κ1) is 16.9. The van der Waals surface area contributed by atoms with Gasteiger partial charge in [-0.2, -0.15) is 0 Å². The van der Waals surface area contributed by atoms with Gasteiger partial charge in [0.15, 0.2) is 0 Å². The average molecular weight is 346 g/mol. The lowest BCUT2D eigenvalue weighted by atomic mass is 10.3. The predicted octanol–water partition coefficient (Wildman–Crippen LogP) is 2.64. The van der Waals surface area contributed by atoms with E-state index in [4.69, 9.17) is 4.74 Å². The van der Waals surface area contributed by atoms with Gasteiger partial charge in [0, 0.05) is 31.2 Å². The summed E-state index contributed by atoms with van der Waals surface area (Å²) >= 11 is 1.65. The van der Waals surface area contributed by atoms with Crippen molar-refractivity contribution < 1.29 is 9.53 Å². The summed E-state index contributed by atoms with van der Waals surface area (Å²) in [7, 11) is 1.78. The highest BCUT2D eigenvalue weighted by atomic mass is 32.1. The first-order valence-corrected chi connectivity index (χ1v) is 8.89. The second-order valence-corrected chi connectivity index (χ2v) is 6.72. The summed E-state index contributed by atoms with van der Waals surface area (Å²) in [4.78, 5) is 20.8. The first-order chi connectivity index (χ1) is 11.7. The van der Waals surface area contributed by atoms with Crippen molar-refractivity contribution in [1.82, 2.24) is 14.8 Å². The lowest BCUT2D eigenvalue weighted by molar-refractivity contribution is 0.0341. The third-order valence-corrected chi connectivity index (χ3v) is 4.72. The standard InChI is InChI=1S/C17H22N4O2S/c1-20(17(22)19-14-5-3-2-4-6-14)11-15-13-24-16(18-15)12-21-7-9-23-10-8-21/h2-6,13H,7-12H2,1H3,(H,19,22). The molecule has 0 bridgehead atoms. The van der Waals surface area contributed by atoms with Crippen LogP contribution in [-0.4, -0.2) is 54.2 Å². The van der Waals surface area contributed by atoms with Crippen molar-refractivity contribution in [3.63, 3.8) is 0 Å². The van der Waals surface area contributed by atoms with Gasteiger partial charge in [-0.1, -0.05) is 18.2 Å². The van der Waals surface area contributed by atoms with Crippen LogP contribution in [0.3, 0.4) is 0 Å². The highest BCUT2D eigenvalue weighted by Crippen LogP contribution is 2.15. The molecule has 1 N–H and O–H groups in total. The van der Waals surface area contributed by atoms with Crippen molar-refractivity contribution in [1.29, 1.82) is 0 Å². The number of anilines is 1. The molecule has 6 nitrogen and oxygen atoms in total. The summed E-state index contributed by atoms with van der Waals surface area (Å²) in [5.41, 5.74) is 1.72. The van der Waals surface area contributed by atoms with E-state index in [1.54, 1.807) is 23.3 Å². The third kappa shape index (κ3) is 4.77. The van der Waals surface area contributed by atoms with E-state index in [1.165, 1.54) is 0 Å². The number of thiazole rings is 1. The van der Waals surface area contributed by atoms with Crippen LogP contribution in [0.15, 0.2) is 35.7 Å². The molecule has 0 saturated carbocycles. The van der Waals surface area contributed by atoms with E-state index < -0.39 is 0 Å². The quantitative estimate of drug-likeness (QED) is 0.904. The molecule has 1 aliphatic rings. The molecule has 2 heterocycles. The fourth-order valence-electron chi connectivity index (χ4n) is 2.50. The monoisotopic (exact) mass is 346 g/mol. The lowest BCUT2D eigenvalue weighted by Gasteiger charge is -2.25. The van der Waals surface area contributed by atoms with Gasteiger partial charge in [0.25, 0.3) is 0 Å². The largest absolute Gasteiger partial charge is 0.379 e. The minimum Gasteiger partial charge on any atom is -0.379 e. The molecule has 1 aromatic heterocycles. The number of nitrogens with one attached hydrogen (secondary N) is 1. The molecule has 0 unspecified atom stereocenters. The van der Waals surface area contributed by atoms with Crippen LogP contribution >= 0.6 is 11.3 Å². The van der Waals surface area contributed by atoms with Gasteiger partial charge in [0.2, 0.25) is 0 Å². The van der Waals surface area contributed by atoms with Crippen LogP contribution in [0.1, 0.15) is 10.7 Å². The summed E-state index contributed by atoms with van der Waals surface area (Å²) in [6.45, 7) is 4.84. The second kappa shape index (κ2) is 8.23. The van der Waals surface area contributed by atoms with Gasteiger partial charge >= 0.3 is 6.03 Å². The molecule has 128 valence electrons. The average Bonchev–Trinajstić information content (AvgIpc) is 3.03. The molecule has 0 atom stereocenters. The summed E-state index contributed by atoms with van der Waals surface area (Å²) in [5, 5.41) is 5.99. The van der Waals surface area contributed by atoms with E-state index in [2.05, 4.69) is 15.2 Å². The Bertz CT molecular complexity index is 656. The van der Waals surface area contributed by atoms with Crippen molar-refractivity contribution >= 4 is 23.1 Å². The number of nitrogens with zero attached hydrogens (tertiary/aromatic N) is 3. The second-order valence-electron chi connectivity index (χ2n) is 5.77. The molecule has 0 spiro atoms. The first-order valence-electron chi connectivity index (χ1n) is 8.01. The van der Waals surface area contributed by atoms with Gasteiger partial charge in [-0.25, -0.2) is 9.78 Å². The van der Waals surface area contributed by atoms with Crippen LogP contribution < -0.4 is 5.32 Å². The highest BCUT2D eigenvalue weighted by Gasteiger charge is 2.15. The summed E-state index contributed by atoms with van der Waals surface area (Å²) in [5.74, 6) is 0. The minimum absolute atomic E-state index is 0.135. The zero-order valence-corrected chi connectivity index (χ0v) is 14.6. The number of morpholine rings is 1. The summed E-state index contributed by atoms with van der Waals surface area (Å²) in [6, 6.07) is 9.32. The van der Waals surface area contributed by atoms with E-state index in [0.717, 1.165) is 49.2 Å². The molecular weight excluding hydrogens is 324 g/mol. The van der Waals surface area contributed by atoms with Gasteiger partial charge < -0.3 is 15.0 Å². The Morgan fingerprint density at radius 1 is 1.33 bits per heavy atom. The molecule has 1 saturated heterocycles. The number of para-hydroxylation sites is 1. The fourth-order valence-corrected chi connectivity index (χ4v) is 3.33. The van der Waals surface area contributed by atoms with E-state index in [-0.39, 0.29) is 6.03 Å². The van der Waals surface area contributed by atoms with Crippen molar-refractivity contribution in [3.05, 3.63) is 46.4 Å². The Kier molecular flexibility index (Phi) is 5.79. The van der Waals surface area contributed by atoms with Crippen LogP contribution in [-0.2, 0) is 17.8 Å². The van der Waals surface area contributed by atoms with Crippen LogP contribution in [0.2, 0.25) is 0 Å². The maximum atomic E-state index is 12.2. The normalized spacial score (nSPS) is 15.2. The van der Waals surface area contributed by atoms with Gasteiger partial charge in [0.1, 0.15) is 5.01 Å². The van der Waals surface area contributed by atoms with E-state index >= 15 is 0 Å². The van der Waals surface area contributed by atoms with Gasteiger partial charge in [-0.05, 0) is 12.1 Å². The van der Waals surface area contributed by atoms with Gasteiger partial charge in [0.05, 0.1) is 32.0 Å². The summed E-state index contributed by atoms with van der Waals surface area (Å²) in [6.07, 6.45) is 0. The highest BCUT2D eigenvalue weighted by molar-refractivity contribution is 7.09. The fraction of sp³-hybridized carbons (Fsp3) is 0.412. The Morgan fingerprint density at radius 3 is 2.83 bits per heavy atom. The molecule has 24 heavy (non-hydrogen) atoms. The van der Waals surface area contributed by atoms with Crippen LogP contribution in [0.4, 0.5) is 10.5 Å². The molecule has 0 aliphatic carbocycles. The number of urea groups is 1. The molecule has 7 heteroatoms. The van der Waals surface area contributed by atoms with E-state index in [0.29, 0.717) is 6.54 Å². The number of aromatic nitrogens is 1. The third-order valence-electron chi connectivity index (χ3n) is 3.83.